The van der Waals surface area contributed by atoms with E-state index in [0.717, 1.165) is 109 Å². The highest BCUT2D eigenvalue weighted by Gasteiger charge is 2.50. The molecule has 1 rings (SSSR count). The molecule has 0 amide bonds. The van der Waals surface area contributed by atoms with Gasteiger partial charge in [-0.2, -0.15) is 0 Å². The van der Waals surface area contributed by atoms with E-state index in [1.807, 2.05) is 6.08 Å². The zero-order valence-corrected chi connectivity index (χ0v) is 49.6. The van der Waals surface area contributed by atoms with Crippen LogP contribution in [-0.4, -0.2) is 89.2 Å². The highest BCUT2D eigenvalue weighted by Crippen LogP contribution is 2.26. The van der Waals surface area contributed by atoms with Crippen LogP contribution in [0.15, 0.2) is 97.2 Å². The minimum atomic E-state index is -1.92. The average molecular weight is 1110 g/mol. The predicted molar refractivity (Wildman–Crippen MR) is 321 cm³/mol. The largest absolute Gasteiger partial charge is 0.479 e. The normalized spacial score (nSPS) is 18.5. The summed E-state index contributed by atoms with van der Waals surface area (Å²) >= 11 is 0. The van der Waals surface area contributed by atoms with E-state index in [1.54, 1.807) is 0 Å². The fraction of sp³-hybridized carbons (Fsp3) is 0.701. The molecule has 6 atom stereocenters. The van der Waals surface area contributed by atoms with Gasteiger partial charge in [0.05, 0.1) is 6.61 Å². The van der Waals surface area contributed by atoms with Crippen LogP contribution in [0.3, 0.4) is 0 Å². The molecule has 1 fully saturated rings. The number of carbonyl (C=O) groups is 4. The van der Waals surface area contributed by atoms with Gasteiger partial charge < -0.3 is 39.0 Å². The maximum Gasteiger partial charge on any atom is 0.335 e. The number of rotatable bonds is 52. The number of carboxylic acid groups (broad SMARTS) is 1. The van der Waals surface area contributed by atoms with Gasteiger partial charge in [-0.25, -0.2) is 4.79 Å². The van der Waals surface area contributed by atoms with E-state index in [2.05, 4.69) is 112 Å². The van der Waals surface area contributed by atoms with Crippen molar-refractivity contribution >= 4 is 23.9 Å². The van der Waals surface area contributed by atoms with Gasteiger partial charge in [0.2, 0.25) is 0 Å². The van der Waals surface area contributed by atoms with Gasteiger partial charge in [-0.3, -0.25) is 14.4 Å². The lowest BCUT2D eigenvalue weighted by molar-refractivity contribution is -0.301. The van der Waals surface area contributed by atoms with E-state index in [-0.39, 0.29) is 25.9 Å². The van der Waals surface area contributed by atoms with E-state index < -0.39 is 67.3 Å². The number of unbranched alkanes of at least 4 members (excludes halogenated alkanes) is 22. The summed E-state index contributed by atoms with van der Waals surface area (Å²) in [5.74, 6) is -3.22. The van der Waals surface area contributed by atoms with Gasteiger partial charge >= 0.3 is 23.9 Å². The van der Waals surface area contributed by atoms with Gasteiger partial charge in [0, 0.05) is 19.3 Å². The minimum Gasteiger partial charge on any atom is -0.479 e. The molecule has 0 aromatic heterocycles. The molecule has 3 N–H and O–H groups in total. The zero-order valence-electron chi connectivity index (χ0n) is 49.6. The Hall–Kier alpha value is -4.36. The zero-order chi connectivity index (χ0) is 57.5. The lowest BCUT2D eigenvalue weighted by atomic mass is 9.98. The summed E-state index contributed by atoms with van der Waals surface area (Å²) in [7, 11) is 0. The molecule has 0 aliphatic carbocycles. The fourth-order valence-corrected chi connectivity index (χ4v) is 8.84. The summed E-state index contributed by atoms with van der Waals surface area (Å²) in [6, 6.07) is 0. The molecule has 450 valence electrons. The van der Waals surface area contributed by atoms with Crippen LogP contribution in [-0.2, 0) is 42.9 Å². The van der Waals surface area contributed by atoms with Crippen LogP contribution in [0.4, 0.5) is 0 Å². The number of esters is 3. The summed E-state index contributed by atoms with van der Waals surface area (Å²) in [5.41, 5.74) is 0. The molecule has 0 radical (unpaired) electrons. The molecule has 6 unspecified atom stereocenters. The summed E-state index contributed by atoms with van der Waals surface area (Å²) in [5, 5.41) is 31.5. The molecule has 0 aromatic rings. The fourth-order valence-electron chi connectivity index (χ4n) is 8.84. The molecule has 1 saturated heterocycles. The number of carboxylic acids is 1. The first-order valence-electron chi connectivity index (χ1n) is 31.2. The van der Waals surface area contributed by atoms with Crippen molar-refractivity contribution in [1.29, 1.82) is 0 Å². The molecule has 0 aromatic carbocycles. The monoisotopic (exact) mass is 1110 g/mol. The van der Waals surface area contributed by atoms with Crippen LogP contribution in [0, 0.1) is 0 Å². The Balaban J connectivity index is 2.70. The first-order valence-corrected chi connectivity index (χ1v) is 31.2. The van der Waals surface area contributed by atoms with Gasteiger partial charge in [0.15, 0.2) is 24.6 Å². The standard InChI is InChI=1S/C67H110O12/c1-4-7-10-13-16-19-22-25-27-29-30-32-34-37-40-43-46-49-52-55-61(70)78-65-63(72)62(71)64(66(73)74)79-67(65)76-57-58(77-60(69)54-51-48-45-42-39-35-24-21-18-15-12-9-6-3)56-75-59(68)53-50-47-44-41-38-36-33-31-28-26-23-20-17-14-11-8-5-2/h8,11,16-17,19-21,24-28,33,36,41,44,58,62-65,67,71-72H,4-7,9-10,12-15,18,22-23,29-32,34-35,37-40,42-43,45-57H2,1-3H3,(H,73,74)/b11-8-,19-16-,20-17-,24-21-,27-25-,28-26-,36-33-,44-41-. The topological polar surface area (TPSA) is 175 Å². The van der Waals surface area contributed by atoms with Crippen molar-refractivity contribution in [2.45, 2.75) is 289 Å². The Kier molecular flexibility index (Phi) is 49.9. The van der Waals surface area contributed by atoms with Crippen molar-refractivity contribution in [3.05, 3.63) is 97.2 Å². The Morgan fingerprint density at radius 2 is 0.810 bits per heavy atom. The molecule has 1 heterocycles. The van der Waals surface area contributed by atoms with Gasteiger partial charge in [-0.1, -0.05) is 214 Å². The second-order valence-corrected chi connectivity index (χ2v) is 20.9. The first-order chi connectivity index (χ1) is 38.6. The summed E-state index contributed by atoms with van der Waals surface area (Å²) < 4.78 is 28.4. The SMILES string of the molecule is CC/C=C\C/C=C\C/C=C\C/C=C\C/C=C\CCCC(=O)OCC(COC1OC(C(=O)O)C(O)C(O)C1OC(=O)CCCCCCCCCCC/C=C\C/C=C\CCCCC)OC(=O)CCCCCCC/C=C\CCCCCC. The first kappa shape index (κ1) is 72.7. The van der Waals surface area contributed by atoms with E-state index in [0.29, 0.717) is 25.7 Å². The van der Waals surface area contributed by atoms with Crippen LogP contribution in [0.1, 0.15) is 252 Å². The van der Waals surface area contributed by atoms with Gasteiger partial charge in [0.25, 0.3) is 0 Å². The number of ether oxygens (including phenoxy) is 5. The van der Waals surface area contributed by atoms with E-state index in [4.69, 9.17) is 23.7 Å². The molecule has 0 bridgehead atoms. The Labute approximate surface area is 479 Å². The van der Waals surface area contributed by atoms with E-state index >= 15 is 0 Å². The molecule has 0 spiro atoms. The Bertz CT molecular complexity index is 1740. The minimum absolute atomic E-state index is 0.0457. The van der Waals surface area contributed by atoms with Crippen LogP contribution >= 0.6 is 0 Å². The molecule has 79 heavy (non-hydrogen) atoms. The van der Waals surface area contributed by atoms with Crippen molar-refractivity contribution in [3.8, 4) is 0 Å². The van der Waals surface area contributed by atoms with Crippen molar-refractivity contribution in [1.82, 2.24) is 0 Å². The summed E-state index contributed by atoms with van der Waals surface area (Å²) in [4.78, 5) is 51.2. The van der Waals surface area contributed by atoms with Crippen LogP contribution < -0.4 is 0 Å². The predicted octanol–water partition coefficient (Wildman–Crippen LogP) is 16.5. The number of aliphatic hydroxyl groups is 2. The summed E-state index contributed by atoms with van der Waals surface area (Å²) in [6.45, 7) is 5.79. The lowest BCUT2D eigenvalue weighted by Gasteiger charge is -2.40. The second kappa shape index (κ2) is 54.2. The molecule has 0 saturated carbocycles. The number of hydrogen-bond acceptors (Lipinski definition) is 11. The third-order valence-corrected chi connectivity index (χ3v) is 13.6. The van der Waals surface area contributed by atoms with Crippen LogP contribution in [0.5, 0.6) is 0 Å². The Morgan fingerprint density at radius 1 is 0.430 bits per heavy atom. The van der Waals surface area contributed by atoms with Crippen molar-refractivity contribution in [3.63, 3.8) is 0 Å². The van der Waals surface area contributed by atoms with Crippen molar-refractivity contribution in [2.75, 3.05) is 13.2 Å². The van der Waals surface area contributed by atoms with Crippen molar-refractivity contribution < 1.29 is 58.2 Å². The number of aliphatic hydroxyl groups excluding tert-OH is 2. The number of allylic oxidation sites excluding steroid dienone is 16. The number of aliphatic carboxylic acids is 1. The number of carbonyl (C=O) groups excluding carboxylic acids is 3. The smallest absolute Gasteiger partial charge is 0.335 e. The molecule has 12 nitrogen and oxygen atoms in total. The van der Waals surface area contributed by atoms with Crippen LogP contribution in [0.2, 0.25) is 0 Å². The third-order valence-electron chi connectivity index (χ3n) is 13.6. The van der Waals surface area contributed by atoms with E-state index in [9.17, 15) is 34.5 Å². The van der Waals surface area contributed by atoms with Crippen LogP contribution in [0.25, 0.3) is 0 Å². The van der Waals surface area contributed by atoms with Crippen molar-refractivity contribution in [2.24, 2.45) is 0 Å². The molecular formula is C67H110O12. The molecule has 12 heteroatoms. The molecular weight excluding hydrogens is 997 g/mol. The van der Waals surface area contributed by atoms with Gasteiger partial charge in [0.1, 0.15) is 18.8 Å². The van der Waals surface area contributed by atoms with Gasteiger partial charge in [-0.15, -0.1) is 0 Å². The highest BCUT2D eigenvalue weighted by atomic mass is 16.7. The Morgan fingerprint density at radius 3 is 1.29 bits per heavy atom. The van der Waals surface area contributed by atoms with Gasteiger partial charge in [-0.05, 0) is 116 Å². The number of hydrogen-bond donors (Lipinski definition) is 3. The third kappa shape index (κ3) is 44.0. The maximum absolute atomic E-state index is 13.1. The lowest BCUT2D eigenvalue weighted by Crippen LogP contribution is -2.61. The van der Waals surface area contributed by atoms with E-state index in [1.165, 1.54) is 77.0 Å². The maximum atomic E-state index is 13.1. The highest BCUT2D eigenvalue weighted by molar-refractivity contribution is 5.74. The summed E-state index contributed by atoms with van der Waals surface area (Å²) in [6.07, 6.45) is 59.4. The average Bonchev–Trinajstić information content (AvgIpc) is 3.47. The molecule has 1 aliphatic heterocycles. The second-order valence-electron chi connectivity index (χ2n) is 20.9. The molecule has 1 aliphatic rings. The quantitative estimate of drug-likeness (QED) is 0.0228.